The number of esters is 3. The highest BCUT2D eigenvalue weighted by atomic mass is 16.6. The van der Waals surface area contributed by atoms with Crippen LogP contribution in [0.3, 0.4) is 0 Å². The summed E-state index contributed by atoms with van der Waals surface area (Å²) in [6.45, 7) is 16.2. The summed E-state index contributed by atoms with van der Waals surface area (Å²) in [7, 11) is 0. The van der Waals surface area contributed by atoms with Crippen molar-refractivity contribution in [2.45, 2.75) is 161 Å². The van der Waals surface area contributed by atoms with Crippen LogP contribution in [0.2, 0.25) is 0 Å². The highest BCUT2D eigenvalue weighted by Gasteiger charge is 2.32. The fourth-order valence-corrected chi connectivity index (χ4v) is 6.71. The van der Waals surface area contributed by atoms with E-state index in [0.717, 1.165) is 42.1 Å². The molecule has 4 amide bonds. The van der Waals surface area contributed by atoms with Crippen molar-refractivity contribution in [1.29, 1.82) is 0 Å². The first-order valence-corrected chi connectivity index (χ1v) is 20.9. The molecule has 3 atom stereocenters. The maximum absolute atomic E-state index is 13.7. The van der Waals surface area contributed by atoms with Crippen molar-refractivity contribution in [2.75, 3.05) is 13.1 Å². The van der Waals surface area contributed by atoms with Crippen LogP contribution in [0.1, 0.15) is 126 Å². The molecule has 0 unspecified atom stereocenters. The summed E-state index contributed by atoms with van der Waals surface area (Å²) in [5.74, 6) is -2.22. The van der Waals surface area contributed by atoms with Gasteiger partial charge in [0.1, 0.15) is 34.9 Å². The van der Waals surface area contributed by atoms with Crippen LogP contribution in [0, 0.1) is 11.8 Å². The molecule has 1 heterocycles. The van der Waals surface area contributed by atoms with Crippen LogP contribution in [0.25, 0.3) is 10.9 Å². The van der Waals surface area contributed by atoms with Crippen LogP contribution in [0.4, 0.5) is 4.79 Å². The molecule has 1 aliphatic rings. The second kappa shape index (κ2) is 22.0. The predicted molar refractivity (Wildman–Crippen MR) is 225 cm³/mol. The summed E-state index contributed by atoms with van der Waals surface area (Å²) in [6.07, 6.45) is 5.94. The molecule has 0 bridgehead atoms. The zero-order valence-electron chi connectivity index (χ0n) is 36.5. The molecule has 328 valence electrons. The molecular formula is C44H68N6O9. The van der Waals surface area contributed by atoms with Crippen molar-refractivity contribution in [3.63, 3.8) is 0 Å². The number of pyridine rings is 1. The molecule has 0 radical (unpaired) electrons. The Bertz CT molecular complexity index is 1740. The van der Waals surface area contributed by atoms with Gasteiger partial charge in [0.15, 0.2) is 0 Å². The smallest absolute Gasteiger partial charge is 0.329 e. The van der Waals surface area contributed by atoms with E-state index in [1.165, 1.54) is 0 Å². The molecule has 1 aromatic carbocycles. The van der Waals surface area contributed by atoms with E-state index in [9.17, 15) is 28.8 Å². The normalized spacial score (nSPS) is 17.5. The summed E-state index contributed by atoms with van der Waals surface area (Å²) in [6, 6.07) is 5.61. The third kappa shape index (κ3) is 18.3. The lowest BCUT2D eigenvalue weighted by Gasteiger charge is -2.28. The summed E-state index contributed by atoms with van der Waals surface area (Å²) >= 11 is 0. The molecule has 1 saturated carbocycles. The Balaban J connectivity index is 1.65. The predicted octanol–water partition coefficient (Wildman–Crippen LogP) is 5.16. The van der Waals surface area contributed by atoms with E-state index in [1.807, 2.05) is 30.3 Å². The van der Waals surface area contributed by atoms with E-state index in [2.05, 4.69) is 26.3 Å². The number of carbonyl (C=O) groups excluding carboxylic acids is 6. The summed E-state index contributed by atoms with van der Waals surface area (Å²) in [4.78, 5) is 83.7. The van der Waals surface area contributed by atoms with Gasteiger partial charge in [-0.3, -0.25) is 19.4 Å². The van der Waals surface area contributed by atoms with Gasteiger partial charge in [-0.05, 0) is 150 Å². The lowest BCUT2D eigenvalue weighted by molar-refractivity contribution is -0.159. The Morgan fingerprint density at radius 1 is 0.746 bits per heavy atom. The lowest BCUT2D eigenvalue weighted by Crippen LogP contribution is -2.53. The minimum Gasteiger partial charge on any atom is -0.460 e. The monoisotopic (exact) mass is 825 g/mol. The number of benzene rings is 1. The van der Waals surface area contributed by atoms with Crippen LogP contribution in [0.5, 0.6) is 0 Å². The van der Waals surface area contributed by atoms with Crippen molar-refractivity contribution in [1.82, 2.24) is 26.3 Å². The van der Waals surface area contributed by atoms with E-state index in [-0.39, 0.29) is 50.0 Å². The number of unbranched alkanes of at least 4 members (excludes halogenated alkanes) is 1. The number of nitrogens with two attached hydrogens (primary N) is 1. The second-order valence-electron chi connectivity index (χ2n) is 18.5. The third-order valence-electron chi connectivity index (χ3n) is 9.56. The maximum Gasteiger partial charge on any atom is 0.329 e. The topological polar surface area (TPSA) is 217 Å². The average Bonchev–Trinajstić information content (AvgIpc) is 3.13. The number of aromatic nitrogens is 1. The molecule has 0 saturated heterocycles. The molecule has 0 spiro atoms. The van der Waals surface area contributed by atoms with Crippen molar-refractivity contribution < 1.29 is 43.0 Å². The van der Waals surface area contributed by atoms with Crippen LogP contribution < -0.4 is 27.0 Å². The minimum atomic E-state index is -1.21. The Kier molecular flexibility index (Phi) is 18.1. The van der Waals surface area contributed by atoms with Crippen LogP contribution in [0.15, 0.2) is 36.5 Å². The molecule has 1 aromatic heterocycles. The van der Waals surface area contributed by atoms with Gasteiger partial charge in [-0.15, -0.1) is 0 Å². The number of fused-ring (bicyclic) bond motifs is 1. The molecular weight excluding hydrogens is 757 g/mol. The number of urea groups is 1. The van der Waals surface area contributed by atoms with Crippen LogP contribution >= 0.6 is 0 Å². The number of hydrogen-bond acceptors (Lipinski definition) is 11. The van der Waals surface area contributed by atoms with Gasteiger partial charge < -0.3 is 41.2 Å². The van der Waals surface area contributed by atoms with Gasteiger partial charge in [-0.2, -0.15) is 0 Å². The zero-order valence-corrected chi connectivity index (χ0v) is 36.5. The maximum atomic E-state index is 13.7. The number of amides is 4. The molecule has 1 fully saturated rings. The first-order chi connectivity index (χ1) is 27.5. The number of nitrogens with one attached hydrogen (secondary N) is 4. The molecule has 15 heteroatoms. The number of ether oxygens (including phenoxy) is 3. The zero-order chi connectivity index (χ0) is 44.0. The van der Waals surface area contributed by atoms with Crippen molar-refractivity contribution in [2.24, 2.45) is 17.6 Å². The van der Waals surface area contributed by atoms with Gasteiger partial charge in [0.05, 0.1) is 5.52 Å². The quantitative estimate of drug-likeness (QED) is 0.0752. The molecule has 0 aliphatic heterocycles. The van der Waals surface area contributed by atoms with E-state index in [1.54, 1.807) is 68.5 Å². The Morgan fingerprint density at radius 2 is 1.34 bits per heavy atom. The lowest BCUT2D eigenvalue weighted by atomic mass is 9.81. The second-order valence-corrected chi connectivity index (χ2v) is 18.5. The molecule has 3 rings (SSSR count). The fourth-order valence-electron chi connectivity index (χ4n) is 6.71. The van der Waals surface area contributed by atoms with Gasteiger partial charge in [-0.1, -0.05) is 12.1 Å². The van der Waals surface area contributed by atoms with Crippen molar-refractivity contribution >= 4 is 46.7 Å². The molecule has 15 nitrogen and oxygen atoms in total. The van der Waals surface area contributed by atoms with Gasteiger partial charge in [-0.25, -0.2) is 14.4 Å². The summed E-state index contributed by atoms with van der Waals surface area (Å²) in [5, 5.41) is 12.1. The highest BCUT2D eigenvalue weighted by Crippen LogP contribution is 2.28. The van der Waals surface area contributed by atoms with Gasteiger partial charge >= 0.3 is 23.9 Å². The van der Waals surface area contributed by atoms with Crippen LogP contribution in [-0.2, 0) is 44.6 Å². The Hall–Kier alpha value is -4.79. The van der Waals surface area contributed by atoms with E-state index in [4.69, 9.17) is 19.9 Å². The number of hydrogen-bond donors (Lipinski definition) is 5. The standard InChI is InChI=1S/C44H68N6O9/c1-42(2,3)57-36(51)22-21-34(40(55)59-44(7,8)9)50-41(56)49-33(39(54)58-43(4,5)6)14-10-11-23-47-38(53)35(48-37(52)30-18-15-28(27-45)16-19-30)26-29-17-20-32-31(25-29)13-12-24-46-32/h12-13,17,20,24-25,28,30,33-35H,10-11,14-16,18-19,21-23,26-27,45H2,1-9H3,(H,47,53)(H,48,52)(H2,49,50,56)/t28?,30?,33-,34-,35-/m0/s1. The summed E-state index contributed by atoms with van der Waals surface area (Å²) in [5.41, 5.74) is 5.12. The fraction of sp³-hybridized carbons (Fsp3) is 0.659. The van der Waals surface area contributed by atoms with Gasteiger partial charge in [0.2, 0.25) is 11.8 Å². The number of nitrogens with zero attached hydrogens (tertiary/aromatic N) is 1. The third-order valence-corrected chi connectivity index (χ3v) is 9.56. The SMILES string of the molecule is CC(C)(C)OC(=O)CC[C@H](NC(=O)N[C@@H](CCCCNC(=O)[C@H](Cc1ccc2ncccc2c1)NC(=O)C1CCC(CN)CC1)C(=O)OC(C)(C)C)C(=O)OC(C)(C)C. The molecule has 1 aliphatic carbocycles. The number of carbonyl (C=O) groups is 6. The van der Waals surface area contributed by atoms with Gasteiger partial charge in [0.25, 0.3) is 0 Å². The van der Waals surface area contributed by atoms with Crippen LogP contribution in [-0.4, -0.2) is 88.8 Å². The Labute approximate surface area is 349 Å². The van der Waals surface area contributed by atoms with Gasteiger partial charge in [0, 0.05) is 36.9 Å². The van der Waals surface area contributed by atoms with Crippen molar-refractivity contribution in [3.05, 3.63) is 42.1 Å². The minimum absolute atomic E-state index is 0.0943. The first kappa shape index (κ1) is 48.6. The van der Waals surface area contributed by atoms with Crippen molar-refractivity contribution in [3.8, 4) is 0 Å². The number of rotatable bonds is 18. The molecule has 2 aromatic rings. The first-order valence-electron chi connectivity index (χ1n) is 20.9. The largest absolute Gasteiger partial charge is 0.460 e. The van der Waals surface area contributed by atoms with E-state index >= 15 is 0 Å². The molecule has 6 N–H and O–H groups in total. The molecule has 59 heavy (non-hydrogen) atoms. The summed E-state index contributed by atoms with van der Waals surface area (Å²) < 4.78 is 16.5. The van der Waals surface area contributed by atoms with E-state index in [0.29, 0.717) is 25.3 Å². The average molecular weight is 825 g/mol. The Morgan fingerprint density at radius 3 is 1.92 bits per heavy atom. The highest BCUT2D eigenvalue weighted by molar-refractivity contribution is 5.89. The van der Waals surface area contributed by atoms with E-state index < -0.39 is 58.9 Å².